The largest absolute Gasteiger partial charge is 0.349 e. The number of benzene rings is 1. The van der Waals surface area contributed by atoms with E-state index in [9.17, 15) is 9.59 Å². The number of piperidine rings is 1. The molecule has 1 atom stereocenters. The van der Waals surface area contributed by atoms with E-state index in [0.717, 1.165) is 32.4 Å². The topological polar surface area (TPSA) is 49.4 Å². The molecule has 1 aromatic rings. The van der Waals surface area contributed by atoms with Gasteiger partial charge < -0.3 is 10.2 Å². The molecule has 1 heterocycles. The highest BCUT2D eigenvalue weighted by Crippen LogP contribution is 2.15. The average Bonchev–Trinajstić information content (AvgIpc) is 2.61. The normalized spacial score (nSPS) is 17.7. The Kier molecular flexibility index (Phi) is 6.55. The van der Waals surface area contributed by atoms with Gasteiger partial charge in [0.15, 0.2) is 5.78 Å². The number of rotatable bonds is 6. The Balaban J connectivity index is 1.90. The molecule has 0 aliphatic carbocycles. The minimum absolute atomic E-state index is 0.0239. The lowest BCUT2D eigenvalue weighted by molar-refractivity contribution is 0.0896. The van der Waals surface area contributed by atoms with Crippen molar-refractivity contribution in [3.8, 4) is 0 Å². The summed E-state index contributed by atoms with van der Waals surface area (Å²) in [7, 11) is 0. The van der Waals surface area contributed by atoms with Crippen LogP contribution in [0, 0.1) is 5.92 Å². The fourth-order valence-electron chi connectivity index (χ4n) is 3.08. The van der Waals surface area contributed by atoms with E-state index in [0.29, 0.717) is 17.2 Å². The van der Waals surface area contributed by atoms with Crippen LogP contribution in [-0.2, 0) is 0 Å². The van der Waals surface area contributed by atoms with E-state index in [1.54, 1.807) is 24.3 Å². The second kappa shape index (κ2) is 8.43. The summed E-state index contributed by atoms with van der Waals surface area (Å²) < 4.78 is 0. The standard InChI is InChI=1S/C20H30N2O2/c1-5-15(4)19(23)16-6-8-17(9-7-16)20(24)21-18-10-12-22(13-11-18)14(2)3/h6-9,14-15,18H,5,10-13H2,1-4H3,(H,21,24). The minimum atomic E-state index is -0.0412. The van der Waals surface area contributed by atoms with Crippen LogP contribution < -0.4 is 5.32 Å². The van der Waals surface area contributed by atoms with Gasteiger partial charge in [0.1, 0.15) is 0 Å². The molecule has 2 rings (SSSR count). The number of ketones is 1. The molecule has 1 unspecified atom stereocenters. The summed E-state index contributed by atoms with van der Waals surface area (Å²) in [6, 6.07) is 7.86. The third-order valence-electron chi connectivity index (χ3n) is 5.09. The summed E-state index contributed by atoms with van der Waals surface area (Å²) in [6.07, 6.45) is 2.82. The van der Waals surface area contributed by atoms with Crippen LogP contribution in [0.15, 0.2) is 24.3 Å². The monoisotopic (exact) mass is 330 g/mol. The van der Waals surface area contributed by atoms with Gasteiger partial charge in [-0.15, -0.1) is 0 Å². The third-order valence-corrected chi connectivity index (χ3v) is 5.09. The summed E-state index contributed by atoms with van der Waals surface area (Å²) in [6.45, 7) is 10.4. The Labute approximate surface area is 145 Å². The van der Waals surface area contributed by atoms with Crippen LogP contribution in [0.25, 0.3) is 0 Å². The highest BCUT2D eigenvalue weighted by molar-refractivity contribution is 5.99. The molecule has 1 aliphatic heterocycles. The van der Waals surface area contributed by atoms with Crippen LogP contribution in [0.3, 0.4) is 0 Å². The van der Waals surface area contributed by atoms with Gasteiger partial charge in [-0.25, -0.2) is 0 Å². The fraction of sp³-hybridized carbons (Fsp3) is 0.600. The van der Waals surface area contributed by atoms with Crippen molar-refractivity contribution in [2.75, 3.05) is 13.1 Å². The second-order valence-electron chi connectivity index (χ2n) is 7.13. The maximum atomic E-state index is 12.4. The zero-order chi connectivity index (χ0) is 17.7. The third kappa shape index (κ3) is 4.67. The molecule has 24 heavy (non-hydrogen) atoms. The number of carbonyl (C=O) groups is 2. The predicted octanol–water partition coefficient (Wildman–Crippen LogP) is 3.52. The van der Waals surface area contributed by atoms with E-state index in [1.165, 1.54) is 0 Å². The van der Waals surface area contributed by atoms with Crippen molar-refractivity contribution < 1.29 is 9.59 Å². The Bertz CT molecular complexity index is 558. The Morgan fingerprint density at radius 2 is 1.62 bits per heavy atom. The summed E-state index contributed by atoms with van der Waals surface area (Å²) in [5.41, 5.74) is 1.31. The molecular weight excluding hydrogens is 300 g/mol. The lowest BCUT2D eigenvalue weighted by Crippen LogP contribution is -2.46. The van der Waals surface area contributed by atoms with Crippen molar-refractivity contribution in [1.82, 2.24) is 10.2 Å². The fourth-order valence-corrected chi connectivity index (χ4v) is 3.08. The first kappa shape index (κ1) is 18.7. The number of nitrogens with one attached hydrogen (secondary N) is 1. The quantitative estimate of drug-likeness (QED) is 0.812. The van der Waals surface area contributed by atoms with Crippen LogP contribution in [0.4, 0.5) is 0 Å². The van der Waals surface area contributed by atoms with Gasteiger partial charge in [0, 0.05) is 42.2 Å². The lowest BCUT2D eigenvalue weighted by atomic mass is 9.96. The van der Waals surface area contributed by atoms with Gasteiger partial charge in [-0.05, 0) is 45.2 Å². The molecule has 132 valence electrons. The Hall–Kier alpha value is -1.68. The van der Waals surface area contributed by atoms with Crippen molar-refractivity contribution >= 4 is 11.7 Å². The summed E-state index contributed by atoms with van der Waals surface area (Å²) in [5.74, 6) is 0.127. The number of likely N-dealkylation sites (tertiary alicyclic amines) is 1. The van der Waals surface area contributed by atoms with E-state index in [2.05, 4.69) is 24.1 Å². The van der Waals surface area contributed by atoms with Gasteiger partial charge in [-0.2, -0.15) is 0 Å². The zero-order valence-electron chi connectivity index (χ0n) is 15.3. The summed E-state index contributed by atoms with van der Waals surface area (Å²) in [5, 5.41) is 3.13. The number of amides is 1. The molecule has 0 spiro atoms. The number of carbonyl (C=O) groups excluding carboxylic acids is 2. The highest BCUT2D eigenvalue weighted by Gasteiger charge is 2.22. The average molecular weight is 330 g/mol. The number of nitrogens with zero attached hydrogens (tertiary/aromatic N) is 1. The lowest BCUT2D eigenvalue weighted by Gasteiger charge is -2.34. The molecule has 1 amide bonds. The number of hydrogen-bond donors (Lipinski definition) is 1. The van der Waals surface area contributed by atoms with Crippen molar-refractivity contribution in [3.05, 3.63) is 35.4 Å². The zero-order valence-corrected chi connectivity index (χ0v) is 15.3. The summed E-state index contributed by atoms with van der Waals surface area (Å²) in [4.78, 5) is 27.0. The first-order chi connectivity index (χ1) is 11.4. The van der Waals surface area contributed by atoms with E-state index >= 15 is 0 Å². The molecule has 4 heteroatoms. The van der Waals surface area contributed by atoms with E-state index in [1.807, 2.05) is 13.8 Å². The van der Waals surface area contributed by atoms with Crippen molar-refractivity contribution in [1.29, 1.82) is 0 Å². The van der Waals surface area contributed by atoms with Gasteiger partial charge in [0.25, 0.3) is 5.91 Å². The van der Waals surface area contributed by atoms with Crippen LogP contribution in [0.2, 0.25) is 0 Å². The van der Waals surface area contributed by atoms with Gasteiger partial charge in [0.05, 0.1) is 0 Å². The van der Waals surface area contributed by atoms with Crippen LogP contribution >= 0.6 is 0 Å². The van der Waals surface area contributed by atoms with E-state index in [4.69, 9.17) is 0 Å². The minimum Gasteiger partial charge on any atom is -0.349 e. The second-order valence-corrected chi connectivity index (χ2v) is 7.13. The Morgan fingerprint density at radius 3 is 2.12 bits per heavy atom. The molecule has 1 fully saturated rings. The smallest absolute Gasteiger partial charge is 0.251 e. The number of hydrogen-bond acceptors (Lipinski definition) is 3. The molecule has 0 aromatic heterocycles. The first-order valence-corrected chi connectivity index (χ1v) is 9.11. The van der Waals surface area contributed by atoms with E-state index in [-0.39, 0.29) is 23.7 Å². The van der Waals surface area contributed by atoms with Crippen molar-refractivity contribution in [2.24, 2.45) is 5.92 Å². The first-order valence-electron chi connectivity index (χ1n) is 9.11. The van der Waals surface area contributed by atoms with Crippen LogP contribution in [0.1, 0.15) is 67.7 Å². The molecule has 0 saturated carbocycles. The predicted molar refractivity (Wildman–Crippen MR) is 97.4 cm³/mol. The molecule has 0 radical (unpaired) electrons. The van der Waals surface area contributed by atoms with Crippen LogP contribution in [0.5, 0.6) is 0 Å². The maximum Gasteiger partial charge on any atom is 0.251 e. The molecule has 1 saturated heterocycles. The SMILES string of the molecule is CCC(C)C(=O)c1ccc(C(=O)NC2CCN(C(C)C)CC2)cc1. The molecule has 1 aromatic carbocycles. The van der Waals surface area contributed by atoms with Gasteiger partial charge >= 0.3 is 0 Å². The molecule has 4 nitrogen and oxygen atoms in total. The summed E-state index contributed by atoms with van der Waals surface area (Å²) >= 11 is 0. The molecule has 1 aliphatic rings. The molecule has 1 N–H and O–H groups in total. The van der Waals surface area contributed by atoms with Gasteiger partial charge in [-0.1, -0.05) is 26.0 Å². The van der Waals surface area contributed by atoms with Crippen molar-refractivity contribution in [3.63, 3.8) is 0 Å². The van der Waals surface area contributed by atoms with Crippen LogP contribution in [-0.4, -0.2) is 41.8 Å². The van der Waals surface area contributed by atoms with Gasteiger partial charge in [0.2, 0.25) is 0 Å². The van der Waals surface area contributed by atoms with Crippen molar-refractivity contribution in [2.45, 2.75) is 59.0 Å². The highest BCUT2D eigenvalue weighted by atomic mass is 16.1. The maximum absolute atomic E-state index is 12.4. The van der Waals surface area contributed by atoms with Gasteiger partial charge in [-0.3, -0.25) is 9.59 Å². The van der Waals surface area contributed by atoms with E-state index < -0.39 is 0 Å². The molecule has 0 bridgehead atoms. The Morgan fingerprint density at radius 1 is 1.08 bits per heavy atom. The molecular formula is C20H30N2O2. The number of Topliss-reactive ketones (excluding diaryl/α,β-unsaturated/α-hetero) is 1.